The molecule has 3 heteroatoms. The van der Waals surface area contributed by atoms with Crippen molar-refractivity contribution >= 4 is 0 Å². The van der Waals surface area contributed by atoms with Crippen LogP contribution in [-0.2, 0) is 4.74 Å². The molecule has 2 atom stereocenters. The molecule has 1 rings (SSSR count). The molecule has 0 aromatic rings. The standard InChI is InChI=1S/C11H24N2O/c1-4-12-8-10(2)13-9-11(3)6-5-7-14-11/h10,12-13H,4-9H2,1-3H3. The number of hydrogen-bond donors (Lipinski definition) is 2. The second-order valence-corrected chi connectivity index (χ2v) is 4.49. The lowest BCUT2D eigenvalue weighted by Gasteiger charge is -2.26. The van der Waals surface area contributed by atoms with Crippen molar-refractivity contribution in [3.63, 3.8) is 0 Å². The predicted octanol–water partition coefficient (Wildman–Crippen LogP) is 1.14. The fourth-order valence-corrected chi connectivity index (χ4v) is 1.80. The number of rotatable bonds is 6. The van der Waals surface area contributed by atoms with Gasteiger partial charge in [-0.25, -0.2) is 0 Å². The lowest BCUT2D eigenvalue weighted by molar-refractivity contribution is 0.0192. The average Bonchev–Trinajstić information content (AvgIpc) is 2.60. The molecule has 2 unspecified atom stereocenters. The minimum Gasteiger partial charge on any atom is -0.374 e. The summed E-state index contributed by atoms with van der Waals surface area (Å²) in [5, 5.41) is 6.84. The Morgan fingerprint density at radius 1 is 1.50 bits per heavy atom. The Labute approximate surface area is 87.6 Å². The van der Waals surface area contributed by atoms with Gasteiger partial charge in [0.1, 0.15) is 0 Å². The molecule has 0 aromatic carbocycles. The van der Waals surface area contributed by atoms with E-state index in [9.17, 15) is 0 Å². The first kappa shape index (κ1) is 12.0. The second-order valence-electron chi connectivity index (χ2n) is 4.49. The van der Waals surface area contributed by atoms with E-state index in [4.69, 9.17) is 4.74 Å². The summed E-state index contributed by atoms with van der Waals surface area (Å²) in [5.41, 5.74) is 0.0838. The lowest BCUT2D eigenvalue weighted by Crippen LogP contribution is -2.44. The van der Waals surface area contributed by atoms with E-state index < -0.39 is 0 Å². The molecule has 14 heavy (non-hydrogen) atoms. The van der Waals surface area contributed by atoms with Crippen LogP contribution in [0.2, 0.25) is 0 Å². The van der Waals surface area contributed by atoms with Gasteiger partial charge >= 0.3 is 0 Å². The Balaban J connectivity index is 2.12. The summed E-state index contributed by atoms with van der Waals surface area (Å²) < 4.78 is 5.71. The maximum Gasteiger partial charge on any atom is 0.0779 e. The van der Waals surface area contributed by atoms with E-state index in [1.54, 1.807) is 0 Å². The molecule has 0 amide bonds. The highest BCUT2D eigenvalue weighted by molar-refractivity contribution is 4.83. The van der Waals surface area contributed by atoms with Gasteiger partial charge in [0.25, 0.3) is 0 Å². The highest BCUT2D eigenvalue weighted by Gasteiger charge is 2.29. The minimum atomic E-state index is 0.0838. The lowest BCUT2D eigenvalue weighted by atomic mass is 10.0. The van der Waals surface area contributed by atoms with Crippen LogP contribution in [0.4, 0.5) is 0 Å². The molecular weight excluding hydrogens is 176 g/mol. The van der Waals surface area contributed by atoms with Crippen molar-refractivity contribution in [3.8, 4) is 0 Å². The molecule has 84 valence electrons. The smallest absolute Gasteiger partial charge is 0.0779 e. The minimum absolute atomic E-state index is 0.0838. The van der Waals surface area contributed by atoms with E-state index in [2.05, 4.69) is 31.4 Å². The summed E-state index contributed by atoms with van der Waals surface area (Å²) in [7, 11) is 0. The van der Waals surface area contributed by atoms with E-state index in [1.165, 1.54) is 12.8 Å². The zero-order valence-electron chi connectivity index (χ0n) is 9.73. The number of likely N-dealkylation sites (N-methyl/N-ethyl adjacent to an activating group) is 1. The molecule has 1 aliphatic rings. The van der Waals surface area contributed by atoms with Crippen molar-refractivity contribution in [2.24, 2.45) is 0 Å². The zero-order chi connectivity index (χ0) is 10.4. The van der Waals surface area contributed by atoms with Crippen molar-refractivity contribution in [1.29, 1.82) is 0 Å². The van der Waals surface area contributed by atoms with Crippen molar-refractivity contribution in [3.05, 3.63) is 0 Å². The van der Waals surface area contributed by atoms with Gasteiger partial charge in [-0.05, 0) is 33.2 Å². The highest BCUT2D eigenvalue weighted by Crippen LogP contribution is 2.23. The van der Waals surface area contributed by atoms with Gasteiger partial charge < -0.3 is 15.4 Å². The van der Waals surface area contributed by atoms with Crippen LogP contribution >= 0.6 is 0 Å². The quantitative estimate of drug-likeness (QED) is 0.674. The molecule has 0 radical (unpaired) electrons. The SMILES string of the molecule is CCNCC(C)NCC1(C)CCCO1. The third kappa shape index (κ3) is 3.95. The first-order valence-corrected chi connectivity index (χ1v) is 5.74. The average molecular weight is 200 g/mol. The molecule has 3 nitrogen and oxygen atoms in total. The summed E-state index contributed by atoms with van der Waals surface area (Å²) in [5.74, 6) is 0. The van der Waals surface area contributed by atoms with Crippen LogP contribution in [0.25, 0.3) is 0 Å². The molecular formula is C11H24N2O. The summed E-state index contributed by atoms with van der Waals surface area (Å²) in [6.45, 7) is 10.5. The second kappa shape index (κ2) is 5.69. The topological polar surface area (TPSA) is 33.3 Å². The Morgan fingerprint density at radius 2 is 2.29 bits per heavy atom. The summed E-state index contributed by atoms with van der Waals surface area (Å²) in [6.07, 6.45) is 2.40. The molecule has 1 heterocycles. The predicted molar refractivity (Wildman–Crippen MR) is 59.6 cm³/mol. The number of nitrogens with one attached hydrogen (secondary N) is 2. The fraction of sp³-hybridized carbons (Fsp3) is 1.00. The van der Waals surface area contributed by atoms with E-state index in [0.29, 0.717) is 6.04 Å². The summed E-state index contributed by atoms with van der Waals surface area (Å²) in [4.78, 5) is 0. The van der Waals surface area contributed by atoms with Crippen molar-refractivity contribution in [2.75, 3.05) is 26.2 Å². The molecule has 0 saturated carbocycles. The Bertz CT molecular complexity index is 155. The van der Waals surface area contributed by atoms with Crippen LogP contribution in [0.15, 0.2) is 0 Å². The summed E-state index contributed by atoms with van der Waals surface area (Å²) >= 11 is 0. The van der Waals surface area contributed by atoms with Crippen LogP contribution in [-0.4, -0.2) is 37.9 Å². The van der Waals surface area contributed by atoms with Gasteiger partial charge in [0.2, 0.25) is 0 Å². The maximum atomic E-state index is 5.71. The fourth-order valence-electron chi connectivity index (χ4n) is 1.80. The number of hydrogen-bond acceptors (Lipinski definition) is 3. The van der Waals surface area contributed by atoms with Gasteiger partial charge in [0.05, 0.1) is 5.60 Å². The van der Waals surface area contributed by atoms with Crippen LogP contribution in [0.1, 0.15) is 33.6 Å². The van der Waals surface area contributed by atoms with Crippen molar-refractivity contribution < 1.29 is 4.74 Å². The third-order valence-corrected chi connectivity index (χ3v) is 2.83. The number of ether oxygens (including phenoxy) is 1. The first-order chi connectivity index (χ1) is 6.66. The normalized spacial score (nSPS) is 29.4. The van der Waals surface area contributed by atoms with Gasteiger partial charge in [-0.15, -0.1) is 0 Å². The van der Waals surface area contributed by atoms with Crippen molar-refractivity contribution in [2.45, 2.75) is 45.3 Å². The van der Waals surface area contributed by atoms with Gasteiger partial charge in [0.15, 0.2) is 0 Å². The zero-order valence-corrected chi connectivity index (χ0v) is 9.73. The van der Waals surface area contributed by atoms with Crippen molar-refractivity contribution in [1.82, 2.24) is 10.6 Å². The van der Waals surface area contributed by atoms with Gasteiger partial charge in [-0.2, -0.15) is 0 Å². The Kier molecular flexibility index (Phi) is 4.85. The first-order valence-electron chi connectivity index (χ1n) is 5.74. The largest absolute Gasteiger partial charge is 0.374 e. The van der Waals surface area contributed by atoms with Gasteiger partial charge in [-0.3, -0.25) is 0 Å². The Morgan fingerprint density at radius 3 is 2.86 bits per heavy atom. The molecule has 0 aliphatic carbocycles. The van der Waals surface area contributed by atoms with Gasteiger partial charge in [0, 0.05) is 25.7 Å². The van der Waals surface area contributed by atoms with E-state index >= 15 is 0 Å². The van der Waals surface area contributed by atoms with Crippen LogP contribution < -0.4 is 10.6 Å². The maximum absolute atomic E-state index is 5.71. The van der Waals surface area contributed by atoms with Crippen LogP contribution in [0, 0.1) is 0 Å². The molecule has 1 fully saturated rings. The van der Waals surface area contributed by atoms with E-state index in [0.717, 1.165) is 26.2 Å². The molecule has 0 spiro atoms. The summed E-state index contributed by atoms with van der Waals surface area (Å²) in [6, 6.07) is 0.524. The molecule has 1 saturated heterocycles. The molecule has 0 bridgehead atoms. The molecule has 1 aliphatic heterocycles. The Hall–Kier alpha value is -0.120. The van der Waals surface area contributed by atoms with E-state index in [1.807, 2.05) is 0 Å². The monoisotopic (exact) mass is 200 g/mol. The van der Waals surface area contributed by atoms with Crippen LogP contribution in [0.5, 0.6) is 0 Å². The van der Waals surface area contributed by atoms with Gasteiger partial charge in [-0.1, -0.05) is 6.92 Å². The van der Waals surface area contributed by atoms with Crippen LogP contribution in [0.3, 0.4) is 0 Å². The molecule has 2 N–H and O–H groups in total. The third-order valence-electron chi connectivity index (χ3n) is 2.83. The molecule has 0 aromatic heterocycles. The van der Waals surface area contributed by atoms with E-state index in [-0.39, 0.29) is 5.60 Å². The highest BCUT2D eigenvalue weighted by atomic mass is 16.5.